The van der Waals surface area contributed by atoms with Crippen molar-refractivity contribution in [2.24, 2.45) is 5.41 Å². The molecule has 1 saturated heterocycles. The molecular weight excluding hydrogens is 198 g/mol. The molecule has 2 heteroatoms. The Bertz CT molecular complexity index is 306. The van der Waals surface area contributed by atoms with E-state index >= 15 is 0 Å². The zero-order chi connectivity index (χ0) is 12.2. The largest absolute Gasteiger partial charge is 0.328 e. The fraction of sp³-hybridized carbons (Fsp3) is 0.786. The van der Waals surface area contributed by atoms with Crippen molar-refractivity contribution in [2.45, 2.75) is 59.4 Å². The van der Waals surface area contributed by atoms with Crippen molar-refractivity contribution in [1.29, 1.82) is 0 Å². The summed E-state index contributed by atoms with van der Waals surface area (Å²) >= 11 is 0. The van der Waals surface area contributed by atoms with E-state index in [0.717, 1.165) is 32.2 Å². The molecule has 0 spiro atoms. The van der Waals surface area contributed by atoms with Gasteiger partial charge in [-0.1, -0.05) is 26.7 Å². The maximum Gasteiger partial charge on any atom is 0.298 e. The maximum atomic E-state index is 11.9. The van der Waals surface area contributed by atoms with Crippen LogP contribution in [-0.2, 0) is 4.79 Å². The molecule has 1 atom stereocenters. The molecule has 0 aromatic heterocycles. The lowest BCUT2D eigenvalue weighted by atomic mass is 9.76. The lowest BCUT2D eigenvalue weighted by Crippen LogP contribution is -2.44. The van der Waals surface area contributed by atoms with Gasteiger partial charge < -0.3 is 4.90 Å². The van der Waals surface area contributed by atoms with E-state index < -0.39 is 0 Å². The third-order valence-corrected chi connectivity index (χ3v) is 4.17. The van der Waals surface area contributed by atoms with E-state index in [1.54, 1.807) is 6.92 Å². The number of rotatable bonds is 3. The smallest absolute Gasteiger partial charge is 0.298 e. The number of hydrogen-bond acceptors (Lipinski definition) is 1. The summed E-state index contributed by atoms with van der Waals surface area (Å²) in [5, 5.41) is 0. The topological polar surface area (TPSA) is 20.3 Å². The predicted octanol–water partition coefficient (Wildman–Crippen LogP) is 2.83. The summed E-state index contributed by atoms with van der Waals surface area (Å²) in [6, 6.07) is 0.385. The fourth-order valence-corrected chi connectivity index (χ4v) is 2.63. The molecule has 0 radical (unpaired) electrons. The van der Waals surface area contributed by atoms with Crippen LogP contribution >= 0.6 is 0 Å². The molecule has 1 fully saturated rings. The third-order valence-electron chi connectivity index (χ3n) is 4.17. The minimum absolute atomic E-state index is 0.0122. The Morgan fingerprint density at radius 2 is 2.06 bits per heavy atom. The van der Waals surface area contributed by atoms with Crippen LogP contribution < -0.4 is 0 Å². The standard InChI is InChI=1S/C14H23NO/c1-5-9-13(16)15-11-8-10-12(15)14(4,6-2)7-3/h12H,6-8,10-11H2,1-4H3. The molecule has 16 heavy (non-hydrogen) atoms. The van der Waals surface area contributed by atoms with Gasteiger partial charge in [-0.3, -0.25) is 4.79 Å². The summed E-state index contributed by atoms with van der Waals surface area (Å²) in [6.45, 7) is 9.34. The number of carbonyl (C=O) groups excluding carboxylic acids is 1. The van der Waals surface area contributed by atoms with E-state index in [9.17, 15) is 4.79 Å². The van der Waals surface area contributed by atoms with Crippen LogP contribution in [0, 0.1) is 17.3 Å². The monoisotopic (exact) mass is 221 g/mol. The molecule has 0 N–H and O–H groups in total. The summed E-state index contributed by atoms with van der Waals surface area (Å²) < 4.78 is 0. The van der Waals surface area contributed by atoms with E-state index in [4.69, 9.17) is 0 Å². The number of carbonyl (C=O) groups is 1. The molecule has 1 rings (SSSR count). The summed E-state index contributed by atoms with van der Waals surface area (Å²) in [4.78, 5) is 13.9. The minimum Gasteiger partial charge on any atom is -0.328 e. The lowest BCUT2D eigenvalue weighted by Gasteiger charge is -2.38. The first kappa shape index (κ1) is 13.1. The Labute approximate surface area is 99.4 Å². The van der Waals surface area contributed by atoms with Crippen LogP contribution in [0.25, 0.3) is 0 Å². The van der Waals surface area contributed by atoms with Gasteiger partial charge in [-0.25, -0.2) is 0 Å². The Balaban J connectivity index is 2.86. The molecule has 1 heterocycles. The van der Waals surface area contributed by atoms with Gasteiger partial charge in [0.1, 0.15) is 0 Å². The molecule has 0 saturated carbocycles. The van der Waals surface area contributed by atoms with Crippen LogP contribution in [0.2, 0.25) is 0 Å². The zero-order valence-corrected chi connectivity index (χ0v) is 11.0. The van der Waals surface area contributed by atoms with Crippen LogP contribution in [0.5, 0.6) is 0 Å². The third kappa shape index (κ3) is 2.40. The van der Waals surface area contributed by atoms with E-state index in [2.05, 4.69) is 32.6 Å². The molecule has 0 aromatic rings. The SMILES string of the molecule is CC#CC(=O)N1CCCC1C(C)(CC)CC. The first-order chi connectivity index (χ1) is 7.59. The second-order valence-electron chi connectivity index (χ2n) is 4.89. The summed E-state index contributed by atoms with van der Waals surface area (Å²) in [6.07, 6.45) is 4.50. The van der Waals surface area contributed by atoms with Gasteiger partial charge in [0.05, 0.1) is 0 Å². The van der Waals surface area contributed by atoms with Gasteiger partial charge in [0, 0.05) is 12.6 Å². The van der Waals surface area contributed by atoms with Crippen LogP contribution in [0.4, 0.5) is 0 Å². The molecule has 1 aliphatic heterocycles. The highest BCUT2D eigenvalue weighted by molar-refractivity contribution is 5.93. The minimum atomic E-state index is 0.0122. The number of likely N-dealkylation sites (tertiary alicyclic amines) is 1. The number of amides is 1. The second-order valence-corrected chi connectivity index (χ2v) is 4.89. The highest BCUT2D eigenvalue weighted by Gasteiger charge is 2.39. The zero-order valence-electron chi connectivity index (χ0n) is 11.0. The van der Waals surface area contributed by atoms with Crippen molar-refractivity contribution >= 4 is 5.91 Å². The average Bonchev–Trinajstić information content (AvgIpc) is 2.78. The maximum absolute atomic E-state index is 11.9. The molecule has 1 amide bonds. The number of nitrogens with zero attached hydrogens (tertiary/aromatic N) is 1. The molecule has 1 unspecified atom stereocenters. The average molecular weight is 221 g/mol. The van der Waals surface area contributed by atoms with Gasteiger partial charge >= 0.3 is 0 Å². The Kier molecular flexibility index (Phi) is 4.41. The lowest BCUT2D eigenvalue weighted by molar-refractivity contribution is -0.128. The van der Waals surface area contributed by atoms with E-state index in [1.807, 2.05) is 4.90 Å². The molecule has 0 bridgehead atoms. The summed E-state index contributed by atoms with van der Waals surface area (Å²) in [5.74, 6) is 5.40. The van der Waals surface area contributed by atoms with Gasteiger partial charge in [0.25, 0.3) is 5.91 Å². The summed E-state index contributed by atoms with van der Waals surface area (Å²) in [5.41, 5.74) is 0.252. The fourth-order valence-electron chi connectivity index (χ4n) is 2.63. The van der Waals surface area contributed by atoms with Gasteiger partial charge in [-0.2, -0.15) is 0 Å². The Morgan fingerprint density at radius 3 is 2.56 bits per heavy atom. The van der Waals surface area contributed by atoms with Crippen molar-refractivity contribution in [3.63, 3.8) is 0 Å². The molecule has 0 aromatic carbocycles. The molecule has 90 valence electrons. The first-order valence-electron chi connectivity index (χ1n) is 6.32. The molecule has 2 nitrogen and oxygen atoms in total. The highest BCUT2D eigenvalue weighted by Crippen LogP contribution is 2.38. The van der Waals surface area contributed by atoms with E-state index in [-0.39, 0.29) is 11.3 Å². The van der Waals surface area contributed by atoms with E-state index in [0.29, 0.717) is 6.04 Å². The highest BCUT2D eigenvalue weighted by atomic mass is 16.2. The van der Waals surface area contributed by atoms with Crippen molar-refractivity contribution in [2.75, 3.05) is 6.54 Å². The van der Waals surface area contributed by atoms with Gasteiger partial charge in [0.15, 0.2) is 0 Å². The molecule has 1 aliphatic rings. The van der Waals surface area contributed by atoms with Gasteiger partial charge in [-0.15, -0.1) is 0 Å². The Hall–Kier alpha value is -0.970. The van der Waals surface area contributed by atoms with Crippen LogP contribution in [0.1, 0.15) is 53.4 Å². The van der Waals surface area contributed by atoms with Crippen molar-refractivity contribution in [1.82, 2.24) is 4.90 Å². The number of hydrogen-bond donors (Lipinski definition) is 0. The van der Waals surface area contributed by atoms with Gasteiger partial charge in [-0.05, 0) is 43.9 Å². The van der Waals surface area contributed by atoms with Crippen molar-refractivity contribution in [3.05, 3.63) is 0 Å². The first-order valence-corrected chi connectivity index (χ1v) is 6.32. The quantitative estimate of drug-likeness (QED) is 0.671. The Morgan fingerprint density at radius 1 is 1.44 bits per heavy atom. The van der Waals surface area contributed by atoms with Crippen LogP contribution in [-0.4, -0.2) is 23.4 Å². The van der Waals surface area contributed by atoms with Crippen LogP contribution in [0.3, 0.4) is 0 Å². The van der Waals surface area contributed by atoms with Gasteiger partial charge in [0.2, 0.25) is 0 Å². The predicted molar refractivity (Wildman–Crippen MR) is 66.9 cm³/mol. The van der Waals surface area contributed by atoms with E-state index in [1.165, 1.54) is 0 Å². The van der Waals surface area contributed by atoms with Crippen LogP contribution in [0.15, 0.2) is 0 Å². The molecular formula is C14H23NO. The van der Waals surface area contributed by atoms with Crippen molar-refractivity contribution < 1.29 is 4.79 Å². The molecule has 0 aliphatic carbocycles. The normalized spacial score (nSPS) is 20.5. The second kappa shape index (κ2) is 5.39. The van der Waals surface area contributed by atoms with Crippen molar-refractivity contribution in [3.8, 4) is 11.8 Å². The summed E-state index contributed by atoms with van der Waals surface area (Å²) in [7, 11) is 0.